The summed E-state index contributed by atoms with van der Waals surface area (Å²) in [4.78, 5) is 0. The van der Waals surface area contributed by atoms with Gasteiger partial charge in [0.05, 0.1) is 26.3 Å². The van der Waals surface area contributed by atoms with Crippen LogP contribution in [0, 0.1) is 0 Å². The number of fused-ring (bicyclic) bond motifs is 1. The number of nitrogens with zero attached hydrogens (tertiary/aromatic N) is 3. The summed E-state index contributed by atoms with van der Waals surface area (Å²) in [6.45, 7) is 13.2. The van der Waals surface area contributed by atoms with Gasteiger partial charge in [-0.25, -0.2) is 9.13 Å². The molecule has 0 saturated carbocycles. The molecule has 2 heterocycles. The van der Waals surface area contributed by atoms with Crippen LogP contribution < -0.4 is 4.57 Å². The predicted octanol–water partition coefficient (Wildman–Crippen LogP) is 1.82. The highest BCUT2D eigenvalue weighted by Crippen LogP contribution is 2.13. The van der Waals surface area contributed by atoms with E-state index in [2.05, 4.69) is 53.6 Å². The molecule has 0 atom stereocenters. The van der Waals surface area contributed by atoms with E-state index < -0.39 is 0 Å². The summed E-state index contributed by atoms with van der Waals surface area (Å²) in [5.74, 6) is 0. The third kappa shape index (κ3) is 2.83. The van der Waals surface area contributed by atoms with Gasteiger partial charge in [0.1, 0.15) is 26.2 Å². The first kappa shape index (κ1) is 14.5. The number of likely N-dealkylation sites (N-methyl/N-ethyl adjacent to an activating group) is 1. The molecule has 1 aromatic carbocycles. The zero-order valence-corrected chi connectivity index (χ0v) is 13.3. The summed E-state index contributed by atoms with van der Waals surface area (Å²) >= 11 is 0. The second kappa shape index (κ2) is 6.16. The van der Waals surface area contributed by atoms with Gasteiger partial charge >= 0.3 is 0 Å². The number of benzene rings is 1. The smallest absolute Gasteiger partial charge is 0.244 e. The molecule has 2 aromatic rings. The van der Waals surface area contributed by atoms with E-state index in [0.29, 0.717) is 0 Å². The van der Waals surface area contributed by atoms with Crippen LogP contribution in [0.1, 0.15) is 13.8 Å². The maximum Gasteiger partial charge on any atom is 0.244 e. The average molecular weight is 289 g/mol. The van der Waals surface area contributed by atoms with Gasteiger partial charge in [-0.1, -0.05) is 12.1 Å². The first-order valence-electron chi connectivity index (χ1n) is 8.18. The minimum Gasteiger partial charge on any atom is -0.370 e. The Balaban J connectivity index is 1.81. The number of para-hydroxylation sites is 2. The Morgan fingerprint density at radius 2 is 1.95 bits per heavy atom. The summed E-state index contributed by atoms with van der Waals surface area (Å²) < 4.78 is 11.5. The lowest BCUT2D eigenvalue weighted by molar-refractivity contribution is -0.947. The molecular formula is C17H27N3O+2. The molecule has 4 heteroatoms. The Morgan fingerprint density at radius 1 is 1.19 bits per heavy atom. The summed E-state index contributed by atoms with van der Waals surface area (Å²) in [5.41, 5.74) is 2.69. The molecule has 0 spiro atoms. The fourth-order valence-electron chi connectivity index (χ4n) is 3.42. The van der Waals surface area contributed by atoms with Gasteiger partial charge in [-0.2, -0.15) is 0 Å². The largest absolute Gasteiger partial charge is 0.370 e. The molecular weight excluding hydrogens is 262 g/mol. The van der Waals surface area contributed by atoms with E-state index in [0.717, 1.165) is 39.4 Å². The van der Waals surface area contributed by atoms with E-state index in [1.54, 1.807) is 0 Å². The molecule has 3 rings (SSSR count). The first-order chi connectivity index (χ1) is 10.3. The quantitative estimate of drug-likeness (QED) is 0.606. The molecule has 0 radical (unpaired) electrons. The van der Waals surface area contributed by atoms with Crippen molar-refractivity contribution in [1.29, 1.82) is 0 Å². The molecule has 21 heavy (non-hydrogen) atoms. The molecule has 1 aromatic heterocycles. The number of ether oxygens (including phenoxy) is 1. The summed E-state index contributed by atoms with van der Waals surface area (Å²) in [6.07, 6.45) is 2.28. The maximum absolute atomic E-state index is 5.54. The number of quaternary nitrogens is 1. The van der Waals surface area contributed by atoms with Crippen molar-refractivity contribution in [3.8, 4) is 0 Å². The summed E-state index contributed by atoms with van der Waals surface area (Å²) in [6, 6.07) is 8.71. The normalized spacial score (nSPS) is 18.2. The van der Waals surface area contributed by atoms with Crippen molar-refractivity contribution in [2.24, 2.45) is 0 Å². The van der Waals surface area contributed by atoms with Gasteiger partial charge in [-0.15, -0.1) is 0 Å². The third-order valence-corrected chi connectivity index (χ3v) is 5.03. The molecule has 0 amide bonds. The van der Waals surface area contributed by atoms with E-state index in [1.807, 2.05) is 0 Å². The van der Waals surface area contributed by atoms with E-state index in [4.69, 9.17) is 4.74 Å². The molecule has 1 aliphatic heterocycles. The average Bonchev–Trinajstić information content (AvgIpc) is 2.92. The highest BCUT2D eigenvalue weighted by molar-refractivity contribution is 5.71. The van der Waals surface area contributed by atoms with Gasteiger partial charge in [-0.05, 0) is 26.0 Å². The van der Waals surface area contributed by atoms with Crippen molar-refractivity contribution in [2.45, 2.75) is 26.9 Å². The minimum atomic E-state index is 0.912. The van der Waals surface area contributed by atoms with Crippen LogP contribution in [0.25, 0.3) is 11.0 Å². The lowest BCUT2D eigenvalue weighted by atomic mass is 10.2. The lowest BCUT2D eigenvalue weighted by Crippen LogP contribution is -2.58. The molecule has 1 aliphatic rings. The molecule has 4 nitrogen and oxygen atoms in total. The van der Waals surface area contributed by atoms with Crippen molar-refractivity contribution >= 4 is 11.0 Å². The zero-order chi connectivity index (χ0) is 14.7. The molecule has 0 aliphatic carbocycles. The van der Waals surface area contributed by atoms with Crippen molar-refractivity contribution < 1.29 is 13.8 Å². The SMILES string of the molecule is CCn1c[n+](CC[N+]2(CC)CCOCC2)c2ccccc21. The topological polar surface area (TPSA) is 18.0 Å². The van der Waals surface area contributed by atoms with Crippen LogP contribution in [0.15, 0.2) is 30.6 Å². The van der Waals surface area contributed by atoms with Gasteiger partial charge in [0.15, 0.2) is 11.0 Å². The Labute approximate surface area is 127 Å². The maximum atomic E-state index is 5.54. The van der Waals surface area contributed by atoms with Crippen molar-refractivity contribution in [2.75, 3.05) is 39.4 Å². The van der Waals surface area contributed by atoms with Crippen LogP contribution in [0.4, 0.5) is 0 Å². The minimum absolute atomic E-state index is 0.912. The first-order valence-corrected chi connectivity index (χ1v) is 8.18. The number of aryl methyl sites for hydroxylation is 1. The van der Waals surface area contributed by atoms with Crippen molar-refractivity contribution in [1.82, 2.24) is 4.57 Å². The highest BCUT2D eigenvalue weighted by Gasteiger charge is 2.29. The summed E-state index contributed by atoms with van der Waals surface area (Å²) in [5, 5.41) is 0. The summed E-state index contributed by atoms with van der Waals surface area (Å²) in [7, 11) is 0. The molecule has 1 fully saturated rings. The fourth-order valence-corrected chi connectivity index (χ4v) is 3.42. The van der Waals surface area contributed by atoms with Gasteiger partial charge in [0.25, 0.3) is 0 Å². The van der Waals surface area contributed by atoms with Crippen LogP contribution in [0.3, 0.4) is 0 Å². The van der Waals surface area contributed by atoms with E-state index >= 15 is 0 Å². The van der Waals surface area contributed by atoms with Crippen molar-refractivity contribution in [3.05, 3.63) is 30.6 Å². The second-order valence-corrected chi connectivity index (χ2v) is 6.02. The van der Waals surface area contributed by atoms with Gasteiger partial charge in [-0.3, -0.25) is 0 Å². The Morgan fingerprint density at radius 3 is 2.67 bits per heavy atom. The van der Waals surface area contributed by atoms with Gasteiger partial charge in [0.2, 0.25) is 6.33 Å². The van der Waals surface area contributed by atoms with Crippen LogP contribution in [0.2, 0.25) is 0 Å². The molecule has 114 valence electrons. The monoisotopic (exact) mass is 289 g/mol. The predicted molar refractivity (Wildman–Crippen MR) is 84.0 cm³/mol. The van der Waals surface area contributed by atoms with Crippen LogP contribution >= 0.6 is 0 Å². The molecule has 0 N–H and O–H groups in total. The van der Waals surface area contributed by atoms with E-state index in [1.165, 1.54) is 28.6 Å². The molecule has 0 bridgehead atoms. The second-order valence-electron chi connectivity index (χ2n) is 6.02. The highest BCUT2D eigenvalue weighted by atomic mass is 16.5. The number of hydrogen-bond acceptors (Lipinski definition) is 1. The number of imidazole rings is 1. The standard InChI is InChI=1S/C17H27N3O/c1-3-18-15-19(17-8-6-5-7-16(17)18)9-10-20(4-2)11-13-21-14-12-20/h5-8,15H,3-4,9-14H2,1-2H3/q+2. The fraction of sp³-hybridized carbons (Fsp3) is 0.588. The van der Waals surface area contributed by atoms with Crippen molar-refractivity contribution in [3.63, 3.8) is 0 Å². The van der Waals surface area contributed by atoms with Gasteiger partial charge < -0.3 is 9.22 Å². The number of morpholine rings is 1. The Bertz CT molecular complexity index is 599. The van der Waals surface area contributed by atoms with E-state index in [9.17, 15) is 0 Å². The number of aromatic nitrogens is 2. The Kier molecular flexibility index (Phi) is 4.27. The van der Waals surface area contributed by atoms with Crippen LogP contribution in [-0.2, 0) is 17.8 Å². The molecule has 0 unspecified atom stereocenters. The number of rotatable bonds is 5. The van der Waals surface area contributed by atoms with Crippen LogP contribution in [0.5, 0.6) is 0 Å². The lowest BCUT2D eigenvalue weighted by Gasteiger charge is -2.40. The zero-order valence-electron chi connectivity index (χ0n) is 13.3. The third-order valence-electron chi connectivity index (χ3n) is 5.03. The molecule has 1 saturated heterocycles. The van der Waals surface area contributed by atoms with E-state index in [-0.39, 0.29) is 0 Å². The number of hydrogen-bond donors (Lipinski definition) is 0. The van der Waals surface area contributed by atoms with Gasteiger partial charge in [0, 0.05) is 0 Å². The Hall–Kier alpha value is -1.39. The van der Waals surface area contributed by atoms with Crippen LogP contribution in [-0.4, -0.2) is 48.4 Å².